The van der Waals surface area contributed by atoms with Crippen molar-refractivity contribution in [1.82, 2.24) is 9.88 Å². The molecule has 4 nitrogen and oxygen atoms in total. The van der Waals surface area contributed by atoms with Crippen molar-refractivity contribution in [3.05, 3.63) is 35.5 Å². The fraction of sp³-hybridized carbons (Fsp3) is 0.438. The number of esters is 1. The van der Waals surface area contributed by atoms with Gasteiger partial charge in [0, 0.05) is 29.6 Å². The van der Waals surface area contributed by atoms with E-state index >= 15 is 0 Å². The molecule has 2 rings (SSSR count). The number of H-pyrrole nitrogens is 1. The smallest absolute Gasteiger partial charge is 0.310 e. The molecule has 1 aromatic heterocycles. The molecule has 0 aliphatic carbocycles. The van der Waals surface area contributed by atoms with Gasteiger partial charge in [-0.15, -0.1) is 0 Å². The molecule has 0 atom stereocenters. The number of hydrogen-bond acceptors (Lipinski definition) is 3. The number of para-hydroxylation sites is 1. The summed E-state index contributed by atoms with van der Waals surface area (Å²) in [6.45, 7) is 3.21. The van der Waals surface area contributed by atoms with Crippen LogP contribution in [0.1, 0.15) is 18.2 Å². The summed E-state index contributed by atoms with van der Waals surface area (Å²) < 4.78 is 5.08. The lowest BCUT2D eigenvalue weighted by Gasteiger charge is -2.10. The van der Waals surface area contributed by atoms with Crippen molar-refractivity contribution in [2.45, 2.75) is 19.8 Å². The lowest BCUT2D eigenvalue weighted by atomic mass is 10.1. The van der Waals surface area contributed by atoms with Gasteiger partial charge in [-0.2, -0.15) is 0 Å². The quantitative estimate of drug-likeness (QED) is 0.823. The molecule has 0 radical (unpaired) electrons. The van der Waals surface area contributed by atoms with E-state index in [-0.39, 0.29) is 5.97 Å². The van der Waals surface area contributed by atoms with Gasteiger partial charge in [0.2, 0.25) is 0 Å². The summed E-state index contributed by atoms with van der Waals surface area (Å²) in [4.78, 5) is 17.4. The summed E-state index contributed by atoms with van der Waals surface area (Å²) in [5.41, 5.74) is 3.29. The number of nitrogens with zero attached hydrogens (tertiary/aromatic N) is 1. The zero-order chi connectivity index (χ0) is 14.5. The standard InChI is InChI=1S/C16H22N2O2/c1-4-20-16(19)11-13-12-7-5-6-8-14(12)17-15(13)9-10-18(2)3/h5-8,17H,4,9-11H2,1-3H3. The molecular weight excluding hydrogens is 252 g/mol. The Balaban J connectivity index is 2.31. The average molecular weight is 274 g/mol. The second-order valence-corrected chi connectivity index (χ2v) is 5.16. The molecule has 2 aromatic rings. The van der Waals surface area contributed by atoms with Gasteiger partial charge in [0.05, 0.1) is 13.0 Å². The second kappa shape index (κ2) is 6.57. The van der Waals surface area contributed by atoms with Crippen LogP contribution in [0.15, 0.2) is 24.3 Å². The first-order valence-corrected chi connectivity index (χ1v) is 7.00. The largest absolute Gasteiger partial charge is 0.466 e. The molecule has 0 bridgehead atoms. The molecule has 1 N–H and O–H groups in total. The van der Waals surface area contributed by atoms with Crippen LogP contribution >= 0.6 is 0 Å². The van der Waals surface area contributed by atoms with Crippen LogP contribution in [0.4, 0.5) is 0 Å². The molecule has 1 aromatic carbocycles. The third-order valence-corrected chi connectivity index (χ3v) is 3.34. The van der Waals surface area contributed by atoms with E-state index in [9.17, 15) is 4.79 Å². The average Bonchev–Trinajstić information content (AvgIpc) is 2.75. The third kappa shape index (κ3) is 3.39. The first kappa shape index (κ1) is 14.6. The molecule has 0 saturated carbocycles. The van der Waals surface area contributed by atoms with Crippen molar-refractivity contribution < 1.29 is 9.53 Å². The van der Waals surface area contributed by atoms with Crippen molar-refractivity contribution >= 4 is 16.9 Å². The summed E-state index contributed by atoms with van der Waals surface area (Å²) in [6, 6.07) is 8.10. The van der Waals surface area contributed by atoms with Crippen LogP contribution in [-0.2, 0) is 22.4 Å². The molecular formula is C16H22N2O2. The van der Waals surface area contributed by atoms with Crippen LogP contribution in [0.3, 0.4) is 0 Å². The van der Waals surface area contributed by atoms with Gasteiger partial charge in [0.25, 0.3) is 0 Å². The van der Waals surface area contributed by atoms with Crippen molar-refractivity contribution in [1.29, 1.82) is 0 Å². The van der Waals surface area contributed by atoms with Crippen molar-refractivity contribution in [3.63, 3.8) is 0 Å². The van der Waals surface area contributed by atoms with Crippen LogP contribution in [0.25, 0.3) is 10.9 Å². The number of carbonyl (C=O) groups excluding carboxylic acids is 1. The molecule has 0 unspecified atom stereocenters. The Morgan fingerprint density at radius 3 is 2.75 bits per heavy atom. The molecule has 0 spiro atoms. The van der Waals surface area contributed by atoms with E-state index in [1.807, 2.05) is 39.2 Å². The van der Waals surface area contributed by atoms with E-state index in [4.69, 9.17) is 4.74 Å². The van der Waals surface area contributed by atoms with E-state index in [0.29, 0.717) is 13.0 Å². The molecule has 0 amide bonds. The normalized spacial score (nSPS) is 11.2. The van der Waals surface area contributed by atoms with Crippen LogP contribution in [0.2, 0.25) is 0 Å². The summed E-state index contributed by atoms with van der Waals surface area (Å²) in [5, 5.41) is 1.12. The topological polar surface area (TPSA) is 45.3 Å². The number of ether oxygens (including phenoxy) is 1. The number of likely N-dealkylation sites (N-methyl/N-ethyl adjacent to an activating group) is 1. The Kier molecular flexibility index (Phi) is 4.79. The Morgan fingerprint density at radius 1 is 1.30 bits per heavy atom. The Morgan fingerprint density at radius 2 is 2.05 bits per heavy atom. The first-order valence-electron chi connectivity index (χ1n) is 7.00. The Hall–Kier alpha value is -1.81. The maximum absolute atomic E-state index is 11.8. The van der Waals surface area contributed by atoms with Crippen LogP contribution in [0, 0.1) is 0 Å². The van der Waals surface area contributed by atoms with Crippen molar-refractivity contribution in [2.75, 3.05) is 27.2 Å². The van der Waals surface area contributed by atoms with Gasteiger partial charge in [0.15, 0.2) is 0 Å². The molecule has 4 heteroatoms. The number of hydrogen-bond donors (Lipinski definition) is 1. The minimum absolute atomic E-state index is 0.164. The van der Waals surface area contributed by atoms with E-state index in [0.717, 1.165) is 35.1 Å². The maximum Gasteiger partial charge on any atom is 0.310 e. The molecule has 20 heavy (non-hydrogen) atoms. The third-order valence-electron chi connectivity index (χ3n) is 3.34. The molecule has 0 fully saturated rings. The molecule has 108 valence electrons. The highest BCUT2D eigenvalue weighted by Crippen LogP contribution is 2.23. The minimum atomic E-state index is -0.164. The van der Waals surface area contributed by atoms with Gasteiger partial charge >= 0.3 is 5.97 Å². The zero-order valence-electron chi connectivity index (χ0n) is 12.4. The monoisotopic (exact) mass is 274 g/mol. The predicted molar refractivity (Wildman–Crippen MR) is 80.9 cm³/mol. The molecule has 0 aliphatic rings. The molecule has 1 heterocycles. The van der Waals surface area contributed by atoms with Crippen molar-refractivity contribution in [2.24, 2.45) is 0 Å². The number of aromatic amines is 1. The zero-order valence-corrected chi connectivity index (χ0v) is 12.4. The van der Waals surface area contributed by atoms with Crippen LogP contribution < -0.4 is 0 Å². The predicted octanol–water partition coefficient (Wildman–Crippen LogP) is 2.38. The van der Waals surface area contributed by atoms with Gasteiger partial charge < -0.3 is 14.6 Å². The van der Waals surface area contributed by atoms with Crippen LogP contribution in [-0.4, -0.2) is 43.1 Å². The van der Waals surface area contributed by atoms with E-state index in [1.54, 1.807) is 0 Å². The highest BCUT2D eigenvalue weighted by molar-refractivity contribution is 5.88. The van der Waals surface area contributed by atoms with E-state index < -0.39 is 0 Å². The summed E-state index contributed by atoms with van der Waals surface area (Å²) in [5.74, 6) is -0.164. The molecule has 0 aliphatic heterocycles. The lowest BCUT2D eigenvalue weighted by molar-refractivity contribution is -0.142. The van der Waals surface area contributed by atoms with Gasteiger partial charge in [-0.3, -0.25) is 4.79 Å². The van der Waals surface area contributed by atoms with E-state index in [2.05, 4.69) is 16.0 Å². The Labute approximate surface area is 119 Å². The summed E-state index contributed by atoms with van der Waals surface area (Å²) >= 11 is 0. The first-order chi connectivity index (χ1) is 9.61. The lowest BCUT2D eigenvalue weighted by Crippen LogP contribution is -2.16. The second-order valence-electron chi connectivity index (χ2n) is 5.16. The highest BCUT2D eigenvalue weighted by Gasteiger charge is 2.15. The number of benzene rings is 1. The van der Waals surface area contributed by atoms with Gasteiger partial charge in [-0.25, -0.2) is 0 Å². The SMILES string of the molecule is CCOC(=O)Cc1c(CCN(C)C)[nH]c2ccccc12. The van der Waals surface area contributed by atoms with Gasteiger partial charge in [-0.05, 0) is 32.6 Å². The summed E-state index contributed by atoms with van der Waals surface area (Å²) in [7, 11) is 4.10. The number of rotatable bonds is 6. The number of nitrogens with one attached hydrogen (secondary N) is 1. The van der Waals surface area contributed by atoms with Gasteiger partial charge in [-0.1, -0.05) is 18.2 Å². The highest BCUT2D eigenvalue weighted by atomic mass is 16.5. The number of aromatic nitrogens is 1. The van der Waals surface area contributed by atoms with E-state index in [1.165, 1.54) is 0 Å². The maximum atomic E-state index is 11.8. The fourth-order valence-electron chi connectivity index (χ4n) is 2.36. The van der Waals surface area contributed by atoms with Gasteiger partial charge in [0.1, 0.15) is 0 Å². The van der Waals surface area contributed by atoms with Crippen molar-refractivity contribution in [3.8, 4) is 0 Å². The molecule has 0 saturated heterocycles. The number of fused-ring (bicyclic) bond motifs is 1. The summed E-state index contributed by atoms with van der Waals surface area (Å²) in [6.07, 6.45) is 1.23. The minimum Gasteiger partial charge on any atom is -0.466 e. The van der Waals surface area contributed by atoms with Crippen LogP contribution in [0.5, 0.6) is 0 Å². The fourth-order valence-corrected chi connectivity index (χ4v) is 2.36. The number of carbonyl (C=O) groups is 1. The Bertz CT molecular complexity index is 587.